The number of fused-ring (bicyclic) bond motifs is 4. The number of nitrogen functional groups attached to an aromatic ring is 2. The Morgan fingerprint density at radius 3 is 1.29 bits per heavy atom. The van der Waals surface area contributed by atoms with Gasteiger partial charge in [0.1, 0.15) is 0 Å². The summed E-state index contributed by atoms with van der Waals surface area (Å²) < 4.78 is 10.00. The zero-order valence-corrected chi connectivity index (χ0v) is 33.6. The molecule has 14 nitrogen and oxygen atoms in total. The van der Waals surface area contributed by atoms with Gasteiger partial charge >= 0.3 is 0 Å². The number of phenols is 4. The molecule has 0 amide bonds. The fraction of sp³-hybridized carbons (Fsp3) is 0.0612. The van der Waals surface area contributed by atoms with Crippen molar-refractivity contribution in [2.75, 3.05) is 25.7 Å². The summed E-state index contributed by atoms with van der Waals surface area (Å²) in [5.74, 6) is -2.30. The van der Waals surface area contributed by atoms with Gasteiger partial charge in [-0.05, 0) is 71.8 Å². The molecule has 0 heterocycles. The summed E-state index contributed by atoms with van der Waals surface area (Å²) in [5.41, 5.74) is 15.2. The summed E-state index contributed by atoms with van der Waals surface area (Å²) in [6.07, 6.45) is 5.44. The molecule has 6 aromatic rings. The molecule has 0 atom stereocenters. The van der Waals surface area contributed by atoms with E-state index in [0.717, 1.165) is 0 Å². The fourth-order valence-corrected chi connectivity index (χ4v) is 6.69. The van der Waals surface area contributed by atoms with Crippen molar-refractivity contribution in [1.29, 1.82) is 0 Å². The quantitative estimate of drug-likeness (QED) is 0.0395. The van der Waals surface area contributed by atoms with Crippen LogP contribution in [0.5, 0.6) is 34.5 Å². The summed E-state index contributed by atoms with van der Waals surface area (Å²) in [5, 5.41) is 38.2. The number of aromatic hydroxyl groups is 4. The van der Waals surface area contributed by atoms with Crippen molar-refractivity contribution in [3.63, 3.8) is 0 Å². The van der Waals surface area contributed by atoms with Crippen molar-refractivity contribution < 1.29 is 58.7 Å². The van der Waals surface area contributed by atoms with Crippen LogP contribution >= 0.6 is 0 Å². The van der Waals surface area contributed by atoms with Crippen molar-refractivity contribution in [2.45, 2.75) is 6.42 Å². The van der Waals surface area contributed by atoms with Crippen LogP contribution in [0.15, 0.2) is 121 Å². The lowest BCUT2D eigenvalue weighted by atomic mass is 9.82. The number of hydrogen-bond donors (Lipinski definition) is 6. The van der Waals surface area contributed by atoms with E-state index in [4.69, 9.17) is 20.9 Å². The van der Waals surface area contributed by atoms with Gasteiger partial charge in [-0.3, -0.25) is 28.8 Å². The van der Waals surface area contributed by atoms with E-state index >= 15 is 0 Å². The lowest BCUT2D eigenvalue weighted by molar-refractivity contribution is -0.121. The molecular formula is C49H38N2O12. The Bertz CT molecular complexity index is 2770. The highest BCUT2D eigenvalue weighted by Gasteiger charge is 2.34. The van der Waals surface area contributed by atoms with E-state index in [2.05, 4.69) is 0 Å². The zero-order chi connectivity index (χ0) is 45.5. The second-order valence-corrected chi connectivity index (χ2v) is 13.9. The highest BCUT2D eigenvalue weighted by Crippen LogP contribution is 2.38. The summed E-state index contributed by atoms with van der Waals surface area (Å²) in [7, 11) is 2.87. The number of phenolic OH excluding ortho intramolecular Hbond substituents is 4. The average molecular weight is 847 g/mol. The van der Waals surface area contributed by atoms with Crippen LogP contribution in [0.3, 0.4) is 0 Å². The molecule has 2 aliphatic carbocycles. The Kier molecular flexibility index (Phi) is 13.0. The van der Waals surface area contributed by atoms with Gasteiger partial charge in [0.2, 0.25) is 0 Å². The second-order valence-electron chi connectivity index (χ2n) is 13.9. The van der Waals surface area contributed by atoms with Crippen LogP contribution in [0.25, 0.3) is 12.2 Å². The van der Waals surface area contributed by atoms with Crippen LogP contribution in [-0.4, -0.2) is 69.3 Å². The number of rotatable bonds is 8. The third kappa shape index (κ3) is 9.20. The number of methoxy groups -OCH3 is 2. The van der Waals surface area contributed by atoms with Gasteiger partial charge in [-0.25, -0.2) is 0 Å². The standard InChI is InChI=1S/C21H20O6.C14H10N2O2.C14H8O4/c1-26-20-11-14(5-9-18(20)24)3-7-16(22)13-17(23)8-4-15-6-10-19(25)21(12-15)27-2;15-9-5-6-10(16)12-11(9)13(17)7-3-1-2-4-8(7)14(12)18;15-10-6-5-9-11(14(10)18)13(17)8-4-2-1-3-7(8)12(9)16/h3-12,24-25H,13H2,1-2H3;1-6H,15-16H2;1-6,15,18H/b7-3+,8-4+;;. The van der Waals surface area contributed by atoms with Crippen molar-refractivity contribution in [1.82, 2.24) is 0 Å². The SMILES string of the molecule is COc1cc(/C=C/C(=O)CC(=O)/C=C/c2ccc(O)c(OC)c2)ccc1O.Nc1ccc(N)c2c1C(=O)c1ccccc1C2=O.O=C1c2ccccc2C(=O)c2c1ccc(O)c2O. The minimum Gasteiger partial charge on any atom is -0.504 e. The Balaban J connectivity index is 0.000000162. The molecular weight excluding hydrogens is 809 g/mol. The normalized spacial score (nSPS) is 12.2. The molecule has 8 rings (SSSR count). The first-order valence-electron chi connectivity index (χ1n) is 18.9. The van der Waals surface area contributed by atoms with Gasteiger partial charge in [0.05, 0.1) is 37.3 Å². The molecule has 2 aliphatic rings. The summed E-state index contributed by atoms with van der Waals surface area (Å²) in [4.78, 5) is 72.9. The Morgan fingerprint density at radius 1 is 0.492 bits per heavy atom. The highest BCUT2D eigenvalue weighted by molar-refractivity contribution is 6.32. The van der Waals surface area contributed by atoms with E-state index in [1.807, 2.05) is 0 Å². The molecule has 0 aliphatic heterocycles. The minimum absolute atomic E-state index is 0.00662. The maximum absolute atomic E-state index is 12.3. The number of carbonyl (C=O) groups is 6. The van der Waals surface area contributed by atoms with Crippen molar-refractivity contribution >= 4 is 58.2 Å². The molecule has 0 spiro atoms. The van der Waals surface area contributed by atoms with Crippen LogP contribution in [0.2, 0.25) is 0 Å². The van der Waals surface area contributed by atoms with E-state index < -0.39 is 17.3 Å². The van der Waals surface area contributed by atoms with Gasteiger partial charge in [0.15, 0.2) is 69.2 Å². The largest absolute Gasteiger partial charge is 0.504 e. The molecule has 63 heavy (non-hydrogen) atoms. The molecule has 0 fully saturated rings. The third-order valence-corrected chi connectivity index (χ3v) is 9.86. The monoisotopic (exact) mass is 846 g/mol. The molecule has 0 unspecified atom stereocenters. The number of nitrogens with two attached hydrogens (primary N) is 2. The lowest BCUT2D eigenvalue weighted by Gasteiger charge is -2.20. The lowest BCUT2D eigenvalue weighted by Crippen LogP contribution is -2.23. The molecule has 0 saturated carbocycles. The smallest absolute Gasteiger partial charge is 0.198 e. The van der Waals surface area contributed by atoms with Gasteiger partial charge in [-0.1, -0.05) is 72.8 Å². The first-order valence-corrected chi connectivity index (χ1v) is 18.9. The van der Waals surface area contributed by atoms with E-state index in [-0.39, 0.29) is 86.0 Å². The number of allylic oxidation sites excluding steroid dienone is 2. The summed E-state index contributed by atoms with van der Waals surface area (Å²) >= 11 is 0. The van der Waals surface area contributed by atoms with Gasteiger partial charge in [-0.2, -0.15) is 0 Å². The molecule has 0 radical (unpaired) electrons. The Labute approximate surface area is 359 Å². The van der Waals surface area contributed by atoms with E-state index in [1.165, 1.54) is 56.7 Å². The van der Waals surface area contributed by atoms with Crippen LogP contribution in [0.4, 0.5) is 11.4 Å². The Morgan fingerprint density at radius 2 is 0.873 bits per heavy atom. The number of anilines is 2. The van der Waals surface area contributed by atoms with E-state index in [1.54, 1.807) is 91.0 Å². The molecule has 0 saturated heterocycles. The first-order chi connectivity index (χ1) is 30.1. The van der Waals surface area contributed by atoms with Crippen LogP contribution < -0.4 is 20.9 Å². The van der Waals surface area contributed by atoms with Gasteiger partial charge in [-0.15, -0.1) is 0 Å². The highest BCUT2D eigenvalue weighted by atomic mass is 16.5. The molecule has 316 valence electrons. The molecule has 6 aromatic carbocycles. The zero-order valence-electron chi connectivity index (χ0n) is 33.6. The van der Waals surface area contributed by atoms with Crippen LogP contribution in [0.1, 0.15) is 81.2 Å². The molecule has 0 aromatic heterocycles. The summed E-state index contributed by atoms with van der Waals surface area (Å²) in [6.45, 7) is 0. The van der Waals surface area contributed by atoms with Crippen LogP contribution in [-0.2, 0) is 9.59 Å². The Hall–Kier alpha value is -8.78. The van der Waals surface area contributed by atoms with Crippen molar-refractivity contribution in [3.8, 4) is 34.5 Å². The van der Waals surface area contributed by atoms with Gasteiger partial charge in [0, 0.05) is 39.2 Å². The summed E-state index contributed by atoms with van der Waals surface area (Å²) in [6, 6.07) is 28.1. The maximum atomic E-state index is 12.3. The molecule has 8 N–H and O–H groups in total. The van der Waals surface area contributed by atoms with Gasteiger partial charge < -0.3 is 41.4 Å². The number of ether oxygens (including phenoxy) is 2. The first kappa shape index (κ1) is 43.8. The second kappa shape index (κ2) is 18.6. The van der Waals surface area contributed by atoms with Crippen molar-refractivity contribution in [3.05, 3.63) is 177 Å². The maximum Gasteiger partial charge on any atom is 0.198 e. The van der Waals surface area contributed by atoms with E-state index in [9.17, 15) is 49.2 Å². The van der Waals surface area contributed by atoms with E-state index in [0.29, 0.717) is 39.3 Å². The fourth-order valence-electron chi connectivity index (χ4n) is 6.69. The number of carbonyl (C=O) groups excluding carboxylic acids is 6. The topological polar surface area (TPSA) is 254 Å². The molecule has 0 bridgehead atoms. The van der Waals surface area contributed by atoms with Gasteiger partial charge in [0.25, 0.3) is 0 Å². The van der Waals surface area contributed by atoms with Crippen molar-refractivity contribution in [2.24, 2.45) is 0 Å². The minimum atomic E-state index is -0.541. The third-order valence-electron chi connectivity index (χ3n) is 9.86. The predicted octanol–water partition coefficient (Wildman–Crippen LogP) is 6.87. The number of ketones is 6. The predicted molar refractivity (Wildman–Crippen MR) is 234 cm³/mol. The number of benzene rings is 6. The average Bonchev–Trinajstić information content (AvgIpc) is 3.29. The number of hydrogen-bond acceptors (Lipinski definition) is 14. The van der Waals surface area contributed by atoms with Crippen LogP contribution in [0, 0.1) is 0 Å². The molecule has 14 heteroatoms.